The Labute approximate surface area is 269 Å². The molecule has 1 unspecified atom stereocenters. The van der Waals surface area contributed by atoms with Gasteiger partial charge in [0.15, 0.2) is 0 Å². The smallest absolute Gasteiger partial charge is 0.272 e. The zero-order chi connectivity index (χ0) is 30.9. The Bertz CT molecular complexity index is 1680. The van der Waals surface area contributed by atoms with Crippen LogP contribution in [-0.2, 0) is 9.59 Å². The molecule has 0 saturated carbocycles. The van der Waals surface area contributed by atoms with Gasteiger partial charge in [-0.05, 0) is 85.1 Å². The molecule has 4 aromatic rings. The predicted molar refractivity (Wildman–Crippen MR) is 178 cm³/mol. The van der Waals surface area contributed by atoms with Gasteiger partial charge >= 0.3 is 0 Å². The lowest BCUT2D eigenvalue weighted by atomic mass is 10.1. The van der Waals surface area contributed by atoms with E-state index in [9.17, 15) is 14.4 Å². The van der Waals surface area contributed by atoms with Crippen molar-refractivity contribution in [3.8, 4) is 0 Å². The van der Waals surface area contributed by atoms with E-state index < -0.39 is 17.1 Å². The molecule has 10 heteroatoms. The monoisotopic (exact) mass is 651 g/mol. The van der Waals surface area contributed by atoms with Crippen LogP contribution in [0, 0.1) is 6.92 Å². The molecule has 0 aliphatic carbocycles. The minimum Gasteiger partial charge on any atom is -0.325 e. The van der Waals surface area contributed by atoms with Gasteiger partial charge < -0.3 is 16.0 Å². The minimum atomic E-state index is -0.557. The van der Waals surface area contributed by atoms with Gasteiger partial charge in [-0.25, -0.2) is 0 Å². The average Bonchev–Trinajstić information content (AvgIpc) is 2.99. The Kier molecular flexibility index (Phi) is 11.3. The van der Waals surface area contributed by atoms with Crippen molar-refractivity contribution in [3.05, 3.63) is 128 Å². The highest BCUT2D eigenvalue weighted by Gasteiger charge is 2.20. The van der Waals surface area contributed by atoms with E-state index in [1.54, 1.807) is 72.8 Å². The van der Waals surface area contributed by atoms with Gasteiger partial charge in [0.2, 0.25) is 5.91 Å². The maximum Gasteiger partial charge on any atom is 0.272 e. The first-order chi connectivity index (χ1) is 20.6. The van der Waals surface area contributed by atoms with Crippen LogP contribution in [0.1, 0.15) is 34.8 Å². The van der Waals surface area contributed by atoms with Crippen molar-refractivity contribution in [1.29, 1.82) is 0 Å². The SMILES string of the molecule is CCC(Sc1cccc(NC(=O)/C(=C\c2ccc(Cl)cc2Cl)NC(=O)c2ccccc2)c1)C(=O)Nc1ccc(C)c(Cl)c1. The van der Waals surface area contributed by atoms with E-state index in [0.717, 1.165) is 10.5 Å². The molecule has 3 amide bonds. The van der Waals surface area contributed by atoms with Crippen LogP contribution in [0.4, 0.5) is 11.4 Å². The van der Waals surface area contributed by atoms with Crippen LogP contribution in [0.25, 0.3) is 6.08 Å². The Morgan fingerprint density at radius 2 is 1.56 bits per heavy atom. The highest BCUT2D eigenvalue weighted by atomic mass is 35.5. The van der Waals surface area contributed by atoms with Crippen molar-refractivity contribution < 1.29 is 14.4 Å². The molecular formula is C33H28Cl3N3O3S. The van der Waals surface area contributed by atoms with Crippen LogP contribution < -0.4 is 16.0 Å². The summed E-state index contributed by atoms with van der Waals surface area (Å²) in [6.45, 7) is 3.83. The van der Waals surface area contributed by atoms with E-state index >= 15 is 0 Å². The standard InChI is InChI=1S/C33H28Cl3N3O3S/c1-3-30(33(42)38-25-15-12-20(2)27(35)19-25)43-26-11-7-10-24(18-26)37-32(41)29(16-22-13-14-23(34)17-28(22)36)39-31(40)21-8-5-4-6-9-21/h4-19,30H,3H2,1-2H3,(H,37,41)(H,38,42)(H,39,40)/b29-16+. The molecule has 0 saturated heterocycles. The van der Waals surface area contributed by atoms with Gasteiger partial charge in [0.1, 0.15) is 5.70 Å². The molecule has 0 aliphatic rings. The van der Waals surface area contributed by atoms with Gasteiger partial charge in [-0.2, -0.15) is 0 Å². The molecule has 1 atom stereocenters. The van der Waals surface area contributed by atoms with E-state index in [4.69, 9.17) is 34.8 Å². The Balaban J connectivity index is 1.52. The number of amides is 3. The molecule has 4 aromatic carbocycles. The second-order valence-corrected chi connectivity index (χ2v) is 12.0. The maximum atomic E-state index is 13.5. The molecular weight excluding hydrogens is 625 g/mol. The lowest BCUT2D eigenvalue weighted by Gasteiger charge is -2.16. The van der Waals surface area contributed by atoms with Gasteiger partial charge in [0.05, 0.1) is 5.25 Å². The van der Waals surface area contributed by atoms with Crippen LogP contribution in [0.3, 0.4) is 0 Å². The third kappa shape index (κ3) is 9.12. The summed E-state index contributed by atoms with van der Waals surface area (Å²) in [4.78, 5) is 40.2. The van der Waals surface area contributed by atoms with Crippen LogP contribution >= 0.6 is 46.6 Å². The number of anilines is 2. The molecule has 6 nitrogen and oxygen atoms in total. The first kappa shape index (κ1) is 32.2. The fourth-order valence-corrected chi connectivity index (χ4v) is 5.60. The lowest BCUT2D eigenvalue weighted by Crippen LogP contribution is -2.30. The summed E-state index contributed by atoms with van der Waals surface area (Å²) in [5.74, 6) is -1.17. The molecule has 220 valence electrons. The van der Waals surface area contributed by atoms with Crippen molar-refractivity contribution in [1.82, 2.24) is 5.32 Å². The normalized spacial score (nSPS) is 11.9. The summed E-state index contributed by atoms with van der Waals surface area (Å²) in [5, 5.41) is 9.41. The van der Waals surface area contributed by atoms with Crippen LogP contribution in [0.5, 0.6) is 0 Å². The van der Waals surface area contributed by atoms with E-state index in [-0.39, 0.29) is 11.6 Å². The minimum absolute atomic E-state index is 0.0151. The largest absolute Gasteiger partial charge is 0.325 e. The number of aryl methyl sites for hydroxylation is 1. The van der Waals surface area contributed by atoms with Crippen molar-refractivity contribution in [2.45, 2.75) is 30.4 Å². The number of carbonyl (C=O) groups excluding carboxylic acids is 3. The van der Waals surface area contributed by atoms with Gasteiger partial charge in [-0.1, -0.05) is 78.1 Å². The van der Waals surface area contributed by atoms with Gasteiger partial charge in [0, 0.05) is 36.9 Å². The molecule has 0 aromatic heterocycles. The third-order valence-electron chi connectivity index (χ3n) is 6.26. The lowest BCUT2D eigenvalue weighted by molar-refractivity contribution is -0.116. The number of halogens is 3. The molecule has 4 rings (SSSR count). The molecule has 0 fully saturated rings. The zero-order valence-corrected chi connectivity index (χ0v) is 26.4. The van der Waals surface area contributed by atoms with Crippen LogP contribution in [-0.4, -0.2) is 23.0 Å². The Hall–Kier alpha value is -3.75. The fourth-order valence-electron chi connectivity index (χ4n) is 3.94. The predicted octanol–water partition coefficient (Wildman–Crippen LogP) is 8.87. The quantitative estimate of drug-likeness (QED) is 0.118. The number of carbonyl (C=O) groups is 3. The zero-order valence-electron chi connectivity index (χ0n) is 23.3. The molecule has 43 heavy (non-hydrogen) atoms. The van der Waals surface area contributed by atoms with Crippen molar-refractivity contribution in [2.75, 3.05) is 10.6 Å². The molecule has 3 N–H and O–H groups in total. The Morgan fingerprint density at radius 1 is 0.814 bits per heavy atom. The first-order valence-electron chi connectivity index (χ1n) is 13.3. The number of rotatable bonds is 10. The van der Waals surface area contributed by atoms with E-state index in [1.165, 1.54) is 17.8 Å². The third-order valence-corrected chi connectivity index (χ3v) is 8.59. The number of nitrogens with one attached hydrogen (secondary N) is 3. The molecule has 0 aliphatic heterocycles. The first-order valence-corrected chi connectivity index (χ1v) is 15.3. The highest BCUT2D eigenvalue weighted by Crippen LogP contribution is 2.30. The highest BCUT2D eigenvalue weighted by molar-refractivity contribution is 8.00. The summed E-state index contributed by atoms with van der Waals surface area (Å²) in [7, 11) is 0. The number of hydrogen-bond acceptors (Lipinski definition) is 4. The number of hydrogen-bond donors (Lipinski definition) is 3. The summed E-state index contributed by atoms with van der Waals surface area (Å²) in [5.41, 5.74) is 2.91. The van der Waals surface area contributed by atoms with Crippen LogP contribution in [0.15, 0.2) is 102 Å². The van der Waals surface area contributed by atoms with E-state index in [2.05, 4.69) is 16.0 Å². The van der Waals surface area contributed by atoms with Gasteiger partial charge in [-0.3, -0.25) is 14.4 Å². The summed E-state index contributed by atoms with van der Waals surface area (Å²) >= 11 is 20.0. The molecule has 0 heterocycles. The average molecular weight is 653 g/mol. The van der Waals surface area contributed by atoms with Gasteiger partial charge in [0.25, 0.3) is 11.8 Å². The summed E-state index contributed by atoms with van der Waals surface area (Å²) in [6.07, 6.45) is 2.06. The van der Waals surface area contributed by atoms with Gasteiger partial charge in [-0.15, -0.1) is 11.8 Å². The summed E-state index contributed by atoms with van der Waals surface area (Å²) < 4.78 is 0. The number of thioether (sulfide) groups is 1. The van der Waals surface area contributed by atoms with E-state index in [0.29, 0.717) is 44.0 Å². The van der Waals surface area contributed by atoms with Crippen LogP contribution in [0.2, 0.25) is 15.1 Å². The second-order valence-electron chi connectivity index (χ2n) is 9.49. The molecule has 0 bridgehead atoms. The second kappa shape index (κ2) is 15.1. The number of benzene rings is 4. The van der Waals surface area contributed by atoms with Crippen molar-refractivity contribution in [2.24, 2.45) is 0 Å². The van der Waals surface area contributed by atoms with Crippen molar-refractivity contribution >= 4 is 81.7 Å². The van der Waals surface area contributed by atoms with E-state index in [1.807, 2.05) is 32.0 Å². The molecule has 0 spiro atoms. The molecule has 0 radical (unpaired) electrons. The fraction of sp³-hybridized carbons (Fsp3) is 0.121. The Morgan fingerprint density at radius 3 is 2.26 bits per heavy atom. The summed E-state index contributed by atoms with van der Waals surface area (Å²) in [6, 6.07) is 25.9. The topological polar surface area (TPSA) is 87.3 Å². The van der Waals surface area contributed by atoms with Crippen molar-refractivity contribution in [3.63, 3.8) is 0 Å². The maximum absolute atomic E-state index is 13.5.